The first-order valence-electron chi connectivity index (χ1n) is 7.81. The van der Waals surface area contributed by atoms with Gasteiger partial charge in [-0.2, -0.15) is 0 Å². The molecule has 1 atom stereocenters. The van der Waals surface area contributed by atoms with E-state index in [1.807, 2.05) is 4.90 Å². The standard InChI is InChI=1S/C17H22FNO3/c18-15-7-5-13(6-8-15)14(12-17(21)22)11-16(20)19-9-3-1-2-4-10-19/h5-8,14H,1-4,9-12H2,(H,21,22)/t14-/m1/s1. The molecule has 0 radical (unpaired) electrons. The van der Waals surface area contributed by atoms with E-state index in [1.165, 1.54) is 12.1 Å². The van der Waals surface area contributed by atoms with Gasteiger partial charge in [0.1, 0.15) is 5.82 Å². The third-order valence-electron chi connectivity index (χ3n) is 4.14. The molecule has 0 bridgehead atoms. The third kappa shape index (κ3) is 4.83. The summed E-state index contributed by atoms with van der Waals surface area (Å²) in [5, 5.41) is 9.07. The van der Waals surface area contributed by atoms with E-state index in [1.54, 1.807) is 12.1 Å². The summed E-state index contributed by atoms with van der Waals surface area (Å²) in [4.78, 5) is 25.3. The molecule has 0 aromatic heterocycles. The first-order chi connectivity index (χ1) is 10.6. The highest BCUT2D eigenvalue weighted by Gasteiger charge is 2.23. The van der Waals surface area contributed by atoms with Gasteiger partial charge in [-0.15, -0.1) is 0 Å². The zero-order chi connectivity index (χ0) is 15.9. The fraction of sp³-hybridized carbons (Fsp3) is 0.529. The topological polar surface area (TPSA) is 57.6 Å². The van der Waals surface area contributed by atoms with Crippen LogP contribution in [0, 0.1) is 5.82 Å². The average Bonchev–Trinajstić information content (AvgIpc) is 2.76. The van der Waals surface area contributed by atoms with Crippen LogP contribution in [-0.4, -0.2) is 35.0 Å². The Hall–Kier alpha value is -1.91. The SMILES string of the molecule is O=C(O)C[C@@H](CC(=O)N1CCCCCC1)c1ccc(F)cc1. The quantitative estimate of drug-likeness (QED) is 0.909. The van der Waals surface area contributed by atoms with Crippen molar-refractivity contribution in [2.24, 2.45) is 0 Å². The number of benzene rings is 1. The highest BCUT2D eigenvalue weighted by molar-refractivity contribution is 5.78. The van der Waals surface area contributed by atoms with Crippen LogP contribution in [0.2, 0.25) is 0 Å². The molecule has 0 spiro atoms. The van der Waals surface area contributed by atoms with Crippen molar-refractivity contribution < 1.29 is 19.1 Å². The van der Waals surface area contributed by atoms with Gasteiger partial charge in [0.05, 0.1) is 6.42 Å². The van der Waals surface area contributed by atoms with E-state index in [9.17, 15) is 14.0 Å². The fourth-order valence-corrected chi connectivity index (χ4v) is 2.91. The van der Waals surface area contributed by atoms with Gasteiger partial charge in [0.15, 0.2) is 0 Å². The van der Waals surface area contributed by atoms with Gasteiger partial charge in [-0.05, 0) is 30.5 Å². The van der Waals surface area contributed by atoms with Crippen molar-refractivity contribution >= 4 is 11.9 Å². The Balaban J connectivity index is 2.06. The molecule has 5 heteroatoms. The number of carboxylic acid groups (broad SMARTS) is 1. The van der Waals surface area contributed by atoms with E-state index in [2.05, 4.69) is 0 Å². The molecule has 1 aromatic rings. The molecule has 22 heavy (non-hydrogen) atoms. The summed E-state index contributed by atoms with van der Waals surface area (Å²) in [7, 11) is 0. The summed E-state index contributed by atoms with van der Waals surface area (Å²) in [6, 6.07) is 5.75. The Morgan fingerprint density at radius 2 is 1.64 bits per heavy atom. The number of aliphatic carboxylic acids is 1. The number of likely N-dealkylation sites (tertiary alicyclic amines) is 1. The van der Waals surface area contributed by atoms with Crippen LogP contribution in [0.5, 0.6) is 0 Å². The third-order valence-corrected chi connectivity index (χ3v) is 4.14. The Morgan fingerprint density at radius 3 is 2.18 bits per heavy atom. The van der Waals surface area contributed by atoms with E-state index >= 15 is 0 Å². The molecule has 0 unspecified atom stereocenters. The first-order valence-corrected chi connectivity index (χ1v) is 7.81. The van der Waals surface area contributed by atoms with E-state index < -0.39 is 11.9 Å². The van der Waals surface area contributed by atoms with Crippen molar-refractivity contribution in [3.05, 3.63) is 35.6 Å². The Kier molecular flexibility index (Phi) is 5.92. The summed E-state index contributed by atoms with van der Waals surface area (Å²) in [6.45, 7) is 1.50. The Morgan fingerprint density at radius 1 is 1.05 bits per heavy atom. The lowest BCUT2D eigenvalue weighted by molar-refractivity contribution is -0.138. The number of rotatable bonds is 5. The smallest absolute Gasteiger partial charge is 0.303 e. The van der Waals surface area contributed by atoms with Crippen LogP contribution in [0.1, 0.15) is 50.0 Å². The van der Waals surface area contributed by atoms with Crippen LogP contribution >= 0.6 is 0 Å². The van der Waals surface area contributed by atoms with Crippen LogP contribution in [0.25, 0.3) is 0 Å². The summed E-state index contributed by atoms with van der Waals surface area (Å²) in [6.07, 6.45) is 4.33. The molecule has 1 saturated heterocycles. The van der Waals surface area contributed by atoms with E-state index in [0.717, 1.165) is 38.8 Å². The second-order valence-electron chi connectivity index (χ2n) is 5.85. The van der Waals surface area contributed by atoms with Crippen molar-refractivity contribution in [3.8, 4) is 0 Å². The maximum atomic E-state index is 13.0. The van der Waals surface area contributed by atoms with Gasteiger partial charge in [0.25, 0.3) is 0 Å². The zero-order valence-corrected chi connectivity index (χ0v) is 12.6. The highest BCUT2D eigenvalue weighted by atomic mass is 19.1. The Bertz CT molecular complexity index is 507. The van der Waals surface area contributed by atoms with Gasteiger partial charge in [0.2, 0.25) is 5.91 Å². The second kappa shape index (κ2) is 7.92. The predicted molar refractivity (Wildman–Crippen MR) is 81.1 cm³/mol. The van der Waals surface area contributed by atoms with Crippen LogP contribution in [0.15, 0.2) is 24.3 Å². The summed E-state index contributed by atoms with van der Waals surface area (Å²) >= 11 is 0. The number of carboxylic acids is 1. The van der Waals surface area contributed by atoms with Crippen LogP contribution in [0.4, 0.5) is 4.39 Å². The van der Waals surface area contributed by atoms with E-state index in [-0.39, 0.29) is 24.6 Å². The van der Waals surface area contributed by atoms with Crippen molar-refractivity contribution in [2.75, 3.05) is 13.1 Å². The molecule has 0 saturated carbocycles. The lowest BCUT2D eigenvalue weighted by atomic mass is 9.92. The largest absolute Gasteiger partial charge is 0.481 e. The van der Waals surface area contributed by atoms with Gasteiger partial charge in [0, 0.05) is 25.4 Å². The number of amides is 1. The van der Waals surface area contributed by atoms with Gasteiger partial charge in [-0.1, -0.05) is 25.0 Å². The molecule has 1 heterocycles. The number of halogens is 1. The van der Waals surface area contributed by atoms with E-state index in [0.29, 0.717) is 5.56 Å². The highest BCUT2D eigenvalue weighted by Crippen LogP contribution is 2.25. The van der Waals surface area contributed by atoms with Gasteiger partial charge in [-0.3, -0.25) is 9.59 Å². The lowest BCUT2D eigenvalue weighted by Gasteiger charge is -2.23. The molecule has 1 aliphatic rings. The van der Waals surface area contributed by atoms with Crippen molar-refractivity contribution in [2.45, 2.75) is 44.4 Å². The molecule has 0 aliphatic carbocycles. The molecular weight excluding hydrogens is 285 g/mol. The summed E-state index contributed by atoms with van der Waals surface area (Å²) in [5.41, 5.74) is 0.701. The molecule has 1 aromatic carbocycles. The Labute approximate surface area is 129 Å². The van der Waals surface area contributed by atoms with Crippen molar-refractivity contribution in [1.29, 1.82) is 0 Å². The molecule has 120 valence electrons. The molecule has 2 rings (SSSR count). The second-order valence-corrected chi connectivity index (χ2v) is 5.85. The number of nitrogens with zero attached hydrogens (tertiary/aromatic N) is 1. The number of carbonyl (C=O) groups is 2. The first kappa shape index (κ1) is 16.5. The number of hydrogen-bond donors (Lipinski definition) is 1. The molecule has 1 fully saturated rings. The zero-order valence-electron chi connectivity index (χ0n) is 12.6. The maximum Gasteiger partial charge on any atom is 0.303 e. The average molecular weight is 307 g/mol. The molecular formula is C17H22FNO3. The van der Waals surface area contributed by atoms with Crippen LogP contribution in [0.3, 0.4) is 0 Å². The molecule has 4 nitrogen and oxygen atoms in total. The summed E-state index contributed by atoms with van der Waals surface area (Å²) < 4.78 is 13.0. The van der Waals surface area contributed by atoms with Crippen molar-refractivity contribution in [1.82, 2.24) is 4.90 Å². The van der Waals surface area contributed by atoms with Crippen LogP contribution < -0.4 is 0 Å². The minimum absolute atomic E-state index is 0.00234. The van der Waals surface area contributed by atoms with Crippen molar-refractivity contribution in [3.63, 3.8) is 0 Å². The predicted octanol–water partition coefficient (Wildman–Crippen LogP) is 3.18. The van der Waals surface area contributed by atoms with Gasteiger partial charge >= 0.3 is 5.97 Å². The van der Waals surface area contributed by atoms with Gasteiger partial charge in [-0.25, -0.2) is 4.39 Å². The molecule has 1 aliphatic heterocycles. The fourth-order valence-electron chi connectivity index (χ4n) is 2.91. The summed E-state index contributed by atoms with van der Waals surface area (Å²) in [5.74, 6) is -1.72. The van der Waals surface area contributed by atoms with Crippen LogP contribution in [-0.2, 0) is 9.59 Å². The number of hydrogen-bond acceptors (Lipinski definition) is 2. The minimum atomic E-state index is -0.946. The molecule has 1 amide bonds. The molecule has 1 N–H and O–H groups in total. The number of carbonyl (C=O) groups excluding carboxylic acids is 1. The normalized spacial score (nSPS) is 16.9. The maximum absolute atomic E-state index is 13.0. The monoisotopic (exact) mass is 307 g/mol. The van der Waals surface area contributed by atoms with E-state index in [4.69, 9.17) is 5.11 Å². The van der Waals surface area contributed by atoms with Gasteiger partial charge < -0.3 is 10.0 Å². The minimum Gasteiger partial charge on any atom is -0.481 e. The lowest BCUT2D eigenvalue weighted by Crippen LogP contribution is -2.33.